The Morgan fingerprint density at radius 2 is 1.26 bits per heavy atom. The van der Waals surface area contributed by atoms with E-state index in [4.69, 9.17) is 21.1 Å². The summed E-state index contributed by atoms with van der Waals surface area (Å²) in [5, 5.41) is 0. The van der Waals surface area contributed by atoms with Crippen molar-refractivity contribution in [2.75, 3.05) is 19.1 Å². The van der Waals surface area contributed by atoms with Crippen molar-refractivity contribution in [2.45, 2.75) is 6.92 Å². The lowest BCUT2D eigenvalue weighted by Crippen LogP contribution is -1.97. The van der Waals surface area contributed by atoms with Gasteiger partial charge in [0.15, 0.2) is 0 Å². The van der Waals surface area contributed by atoms with Gasteiger partial charge in [0.25, 0.3) is 0 Å². The zero-order valence-corrected chi connectivity index (χ0v) is 11.7. The molecule has 0 fully saturated rings. The summed E-state index contributed by atoms with van der Waals surface area (Å²) in [6.45, 7) is 3.20. The van der Waals surface area contributed by atoms with Crippen molar-refractivity contribution in [3.63, 3.8) is 0 Å². The van der Waals surface area contributed by atoms with Gasteiger partial charge < -0.3 is 9.47 Å². The van der Waals surface area contributed by atoms with Crippen LogP contribution in [-0.4, -0.2) is 19.1 Å². The van der Waals surface area contributed by atoms with E-state index in [0.717, 1.165) is 22.6 Å². The van der Waals surface area contributed by atoms with Crippen molar-refractivity contribution in [1.82, 2.24) is 0 Å². The molecule has 0 aliphatic rings. The van der Waals surface area contributed by atoms with Gasteiger partial charge in [-0.2, -0.15) is 0 Å². The minimum atomic E-state index is 0.501. The molecule has 0 radical (unpaired) electrons. The fourth-order valence-electron chi connectivity index (χ4n) is 1.81. The Morgan fingerprint density at radius 1 is 0.789 bits per heavy atom. The molecule has 0 bridgehead atoms. The summed E-state index contributed by atoms with van der Waals surface area (Å²) < 4.78 is 10.9. The summed E-state index contributed by atoms with van der Waals surface area (Å²) in [6.07, 6.45) is 0. The molecule has 0 amide bonds. The molecular weight excluding hydrogens is 260 g/mol. The van der Waals surface area contributed by atoms with Crippen molar-refractivity contribution < 1.29 is 9.47 Å². The first-order chi connectivity index (χ1) is 9.33. The molecule has 19 heavy (non-hydrogen) atoms. The van der Waals surface area contributed by atoms with Crippen molar-refractivity contribution in [2.24, 2.45) is 0 Å². The summed E-state index contributed by atoms with van der Waals surface area (Å²) in [4.78, 5) is 0. The van der Waals surface area contributed by atoms with Gasteiger partial charge in [0.2, 0.25) is 0 Å². The van der Waals surface area contributed by atoms with E-state index in [1.165, 1.54) is 0 Å². The van der Waals surface area contributed by atoms with E-state index in [-0.39, 0.29) is 0 Å². The topological polar surface area (TPSA) is 18.5 Å². The Kier molecular flexibility index (Phi) is 5.10. The number of ether oxygens (including phenoxy) is 2. The van der Waals surface area contributed by atoms with Crippen LogP contribution in [-0.2, 0) is 0 Å². The molecule has 0 heterocycles. The van der Waals surface area contributed by atoms with Crippen LogP contribution >= 0.6 is 11.6 Å². The summed E-state index contributed by atoms with van der Waals surface area (Å²) in [7, 11) is 0. The van der Waals surface area contributed by atoms with Gasteiger partial charge in [-0.1, -0.05) is 24.3 Å². The summed E-state index contributed by atoms with van der Waals surface area (Å²) in [5.41, 5.74) is 2.31. The average Bonchev–Trinajstić information content (AvgIpc) is 2.47. The van der Waals surface area contributed by atoms with Gasteiger partial charge in [-0.05, 0) is 42.3 Å². The molecule has 0 unspecified atom stereocenters. The first-order valence-corrected chi connectivity index (χ1v) is 6.89. The number of hydrogen-bond donors (Lipinski definition) is 0. The third-order valence-electron chi connectivity index (χ3n) is 2.70. The highest BCUT2D eigenvalue weighted by molar-refractivity contribution is 6.18. The van der Waals surface area contributed by atoms with E-state index in [1.807, 2.05) is 43.3 Å². The van der Waals surface area contributed by atoms with Crippen LogP contribution in [0.2, 0.25) is 0 Å². The standard InChI is InChI=1S/C16H17ClO2/c1-2-18-15-7-3-13(4-8-15)14-5-9-16(10-6-14)19-12-11-17/h3-10H,2,11-12H2,1H3. The largest absolute Gasteiger partial charge is 0.494 e. The van der Waals surface area contributed by atoms with Crippen LogP contribution in [0.4, 0.5) is 0 Å². The number of benzene rings is 2. The maximum atomic E-state index is 5.58. The Morgan fingerprint density at radius 3 is 1.68 bits per heavy atom. The van der Waals surface area contributed by atoms with Crippen LogP contribution in [0, 0.1) is 0 Å². The van der Waals surface area contributed by atoms with E-state index in [1.54, 1.807) is 0 Å². The molecule has 0 saturated carbocycles. The minimum Gasteiger partial charge on any atom is -0.494 e. The SMILES string of the molecule is CCOc1ccc(-c2ccc(OCCCl)cc2)cc1. The number of hydrogen-bond acceptors (Lipinski definition) is 2. The van der Waals surface area contributed by atoms with Gasteiger partial charge in [-0.15, -0.1) is 11.6 Å². The predicted octanol–water partition coefficient (Wildman–Crippen LogP) is 4.37. The monoisotopic (exact) mass is 276 g/mol. The number of rotatable bonds is 6. The molecule has 3 heteroatoms. The van der Waals surface area contributed by atoms with Gasteiger partial charge in [-0.3, -0.25) is 0 Å². The molecule has 0 saturated heterocycles. The molecule has 0 atom stereocenters. The molecular formula is C16H17ClO2. The van der Waals surface area contributed by atoms with Crippen LogP contribution in [0.3, 0.4) is 0 Å². The molecule has 0 N–H and O–H groups in total. The fourth-order valence-corrected chi connectivity index (χ4v) is 1.89. The molecule has 0 aliphatic heterocycles. The molecule has 2 rings (SSSR count). The fraction of sp³-hybridized carbons (Fsp3) is 0.250. The maximum Gasteiger partial charge on any atom is 0.119 e. The Hall–Kier alpha value is -1.67. The van der Waals surface area contributed by atoms with Gasteiger partial charge in [0.05, 0.1) is 12.5 Å². The van der Waals surface area contributed by atoms with Crippen molar-refractivity contribution in [3.8, 4) is 22.6 Å². The first-order valence-electron chi connectivity index (χ1n) is 6.35. The highest BCUT2D eigenvalue weighted by Crippen LogP contribution is 2.24. The predicted molar refractivity (Wildman–Crippen MR) is 79.3 cm³/mol. The smallest absolute Gasteiger partial charge is 0.119 e. The number of halogens is 1. The van der Waals surface area contributed by atoms with Gasteiger partial charge in [0.1, 0.15) is 18.1 Å². The van der Waals surface area contributed by atoms with Crippen LogP contribution in [0.25, 0.3) is 11.1 Å². The third-order valence-corrected chi connectivity index (χ3v) is 2.85. The van der Waals surface area contributed by atoms with Crippen LogP contribution < -0.4 is 9.47 Å². The highest BCUT2D eigenvalue weighted by atomic mass is 35.5. The van der Waals surface area contributed by atoms with E-state index in [9.17, 15) is 0 Å². The summed E-state index contributed by atoms with van der Waals surface area (Å²) >= 11 is 5.58. The van der Waals surface area contributed by atoms with Crippen molar-refractivity contribution >= 4 is 11.6 Å². The lowest BCUT2D eigenvalue weighted by Gasteiger charge is -2.07. The van der Waals surface area contributed by atoms with Crippen molar-refractivity contribution in [1.29, 1.82) is 0 Å². The lowest BCUT2D eigenvalue weighted by atomic mass is 10.1. The minimum absolute atomic E-state index is 0.501. The zero-order valence-electron chi connectivity index (χ0n) is 10.9. The van der Waals surface area contributed by atoms with Gasteiger partial charge >= 0.3 is 0 Å². The maximum absolute atomic E-state index is 5.58. The normalized spacial score (nSPS) is 10.2. The molecule has 0 aromatic heterocycles. The average molecular weight is 277 g/mol. The zero-order chi connectivity index (χ0) is 13.5. The van der Waals surface area contributed by atoms with E-state index < -0.39 is 0 Å². The van der Waals surface area contributed by atoms with E-state index >= 15 is 0 Å². The second kappa shape index (κ2) is 7.05. The van der Waals surface area contributed by atoms with Gasteiger partial charge in [-0.25, -0.2) is 0 Å². The Balaban J connectivity index is 2.08. The molecule has 0 spiro atoms. The third kappa shape index (κ3) is 3.90. The Labute approximate surface area is 118 Å². The molecule has 2 aromatic carbocycles. The van der Waals surface area contributed by atoms with Crippen LogP contribution in [0.5, 0.6) is 11.5 Å². The van der Waals surface area contributed by atoms with Crippen LogP contribution in [0.1, 0.15) is 6.92 Å². The summed E-state index contributed by atoms with van der Waals surface area (Å²) in [6, 6.07) is 16.1. The number of alkyl halides is 1. The van der Waals surface area contributed by atoms with E-state index in [0.29, 0.717) is 19.1 Å². The molecule has 2 nitrogen and oxygen atoms in total. The quantitative estimate of drug-likeness (QED) is 0.730. The van der Waals surface area contributed by atoms with Gasteiger partial charge in [0, 0.05) is 0 Å². The first kappa shape index (κ1) is 13.8. The van der Waals surface area contributed by atoms with E-state index in [2.05, 4.69) is 12.1 Å². The Bertz CT molecular complexity index is 491. The molecule has 0 aliphatic carbocycles. The molecule has 100 valence electrons. The van der Waals surface area contributed by atoms with Crippen LogP contribution in [0.15, 0.2) is 48.5 Å². The van der Waals surface area contributed by atoms with Crippen molar-refractivity contribution in [3.05, 3.63) is 48.5 Å². The second-order valence-corrected chi connectivity index (χ2v) is 4.40. The second-order valence-electron chi connectivity index (χ2n) is 4.02. The highest BCUT2D eigenvalue weighted by Gasteiger charge is 1.99. The summed E-state index contributed by atoms with van der Waals surface area (Å²) in [5.74, 6) is 2.24. The lowest BCUT2D eigenvalue weighted by molar-refractivity contribution is 0.340. The molecule has 2 aromatic rings.